The number of hydrogen-bond donors (Lipinski definition) is 1. The largest absolute Gasteiger partial charge is 0.497 e. The van der Waals surface area contributed by atoms with Gasteiger partial charge >= 0.3 is 0 Å². The average molecular weight is 396 g/mol. The minimum absolute atomic E-state index is 0.0911. The zero-order chi connectivity index (χ0) is 20.4. The summed E-state index contributed by atoms with van der Waals surface area (Å²) in [5.74, 6) is 1.34. The molecular weight excluding hydrogens is 368 g/mol. The predicted molar refractivity (Wildman–Crippen MR) is 109 cm³/mol. The Kier molecular flexibility index (Phi) is 5.30. The SMILES string of the molecule is COc1cccc(C2(C(=O)N3CCC(CNC(=O)c4cnn(C)c4)CC3)CC2)c1. The van der Waals surface area contributed by atoms with Crippen molar-refractivity contribution < 1.29 is 14.3 Å². The number of hydrogen-bond acceptors (Lipinski definition) is 4. The first kappa shape index (κ1) is 19.5. The summed E-state index contributed by atoms with van der Waals surface area (Å²) in [6, 6.07) is 7.90. The number of amides is 2. The van der Waals surface area contributed by atoms with Gasteiger partial charge in [-0.2, -0.15) is 5.10 Å². The molecule has 2 heterocycles. The number of nitrogens with one attached hydrogen (secondary N) is 1. The highest BCUT2D eigenvalue weighted by Crippen LogP contribution is 2.50. The van der Waals surface area contributed by atoms with Crippen LogP contribution in [0.5, 0.6) is 5.75 Å². The topological polar surface area (TPSA) is 76.5 Å². The second kappa shape index (κ2) is 7.89. The van der Waals surface area contributed by atoms with Crippen LogP contribution in [-0.2, 0) is 17.3 Å². The zero-order valence-corrected chi connectivity index (χ0v) is 17.1. The third-order valence-electron chi connectivity index (χ3n) is 6.20. The van der Waals surface area contributed by atoms with Gasteiger partial charge in [0, 0.05) is 32.9 Å². The van der Waals surface area contributed by atoms with Crippen LogP contribution in [0.1, 0.15) is 41.6 Å². The van der Waals surface area contributed by atoms with Crippen LogP contribution in [0.25, 0.3) is 0 Å². The second-order valence-corrected chi connectivity index (χ2v) is 8.16. The molecule has 1 N–H and O–H groups in total. The highest BCUT2D eigenvalue weighted by atomic mass is 16.5. The van der Waals surface area contributed by atoms with Crippen molar-refractivity contribution in [3.63, 3.8) is 0 Å². The molecular formula is C22H28N4O3. The van der Waals surface area contributed by atoms with E-state index in [9.17, 15) is 9.59 Å². The Hall–Kier alpha value is -2.83. The first-order valence-electron chi connectivity index (χ1n) is 10.2. The summed E-state index contributed by atoms with van der Waals surface area (Å²) < 4.78 is 6.95. The molecule has 29 heavy (non-hydrogen) atoms. The molecule has 7 heteroatoms. The van der Waals surface area contributed by atoms with E-state index in [4.69, 9.17) is 4.74 Å². The van der Waals surface area contributed by atoms with Gasteiger partial charge in [-0.1, -0.05) is 12.1 Å². The predicted octanol–water partition coefficient (Wildman–Crippen LogP) is 2.13. The average Bonchev–Trinajstić information content (AvgIpc) is 3.46. The van der Waals surface area contributed by atoms with Crippen LogP contribution in [-0.4, -0.2) is 53.2 Å². The van der Waals surface area contributed by atoms with E-state index >= 15 is 0 Å². The fourth-order valence-electron chi connectivity index (χ4n) is 4.19. The highest BCUT2D eigenvalue weighted by molar-refractivity contribution is 5.93. The molecule has 4 rings (SSSR count). The molecule has 2 amide bonds. The Bertz CT molecular complexity index is 895. The van der Waals surface area contributed by atoms with E-state index < -0.39 is 0 Å². The van der Waals surface area contributed by atoms with E-state index in [1.165, 1.54) is 0 Å². The molecule has 1 saturated heterocycles. The molecule has 7 nitrogen and oxygen atoms in total. The van der Waals surface area contributed by atoms with Crippen molar-refractivity contribution in [3.8, 4) is 5.75 Å². The first-order chi connectivity index (χ1) is 14.0. The molecule has 1 aromatic carbocycles. The van der Waals surface area contributed by atoms with Crippen LogP contribution in [0.4, 0.5) is 0 Å². The molecule has 0 radical (unpaired) electrons. The lowest BCUT2D eigenvalue weighted by Gasteiger charge is -2.34. The number of benzene rings is 1. The van der Waals surface area contributed by atoms with E-state index in [-0.39, 0.29) is 17.2 Å². The molecule has 1 saturated carbocycles. The molecule has 0 unspecified atom stereocenters. The number of methoxy groups -OCH3 is 1. The lowest BCUT2D eigenvalue weighted by molar-refractivity contribution is -0.135. The number of carbonyl (C=O) groups excluding carboxylic acids is 2. The van der Waals surface area contributed by atoms with Crippen LogP contribution >= 0.6 is 0 Å². The maximum absolute atomic E-state index is 13.2. The monoisotopic (exact) mass is 396 g/mol. The number of aromatic nitrogens is 2. The van der Waals surface area contributed by atoms with Gasteiger partial charge < -0.3 is 15.0 Å². The van der Waals surface area contributed by atoms with Crippen LogP contribution in [0, 0.1) is 5.92 Å². The summed E-state index contributed by atoms with van der Waals surface area (Å²) in [4.78, 5) is 27.4. The van der Waals surface area contributed by atoms with Gasteiger partial charge in [0.25, 0.3) is 5.91 Å². The van der Waals surface area contributed by atoms with Gasteiger partial charge in [-0.3, -0.25) is 14.3 Å². The van der Waals surface area contributed by atoms with Crippen LogP contribution in [0.15, 0.2) is 36.7 Å². The normalized spacial score (nSPS) is 18.3. The van der Waals surface area contributed by atoms with Gasteiger partial charge in [-0.05, 0) is 49.3 Å². The Balaban J connectivity index is 1.30. The number of rotatable bonds is 6. The van der Waals surface area contributed by atoms with Gasteiger partial charge in [0.1, 0.15) is 5.75 Å². The summed E-state index contributed by atoms with van der Waals surface area (Å²) in [5.41, 5.74) is 1.28. The second-order valence-electron chi connectivity index (χ2n) is 8.16. The maximum Gasteiger partial charge on any atom is 0.254 e. The Morgan fingerprint density at radius 3 is 2.66 bits per heavy atom. The molecule has 0 spiro atoms. The molecule has 0 bridgehead atoms. The number of ether oxygens (including phenoxy) is 1. The number of likely N-dealkylation sites (tertiary alicyclic amines) is 1. The summed E-state index contributed by atoms with van der Waals surface area (Å²) in [6.45, 7) is 2.13. The number of carbonyl (C=O) groups is 2. The molecule has 2 aliphatic rings. The van der Waals surface area contributed by atoms with Crippen molar-refractivity contribution in [2.75, 3.05) is 26.7 Å². The maximum atomic E-state index is 13.2. The van der Waals surface area contributed by atoms with Crippen molar-refractivity contribution in [3.05, 3.63) is 47.8 Å². The van der Waals surface area contributed by atoms with Gasteiger partial charge in [0.15, 0.2) is 0 Å². The lowest BCUT2D eigenvalue weighted by Crippen LogP contribution is -2.45. The lowest BCUT2D eigenvalue weighted by atomic mass is 9.91. The summed E-state index contributed by atoms with van der Waals surface area (Å²) in [7, 11) is 3.44. The minimum Gasteiger partial charge on any atom is -0.497 e. The first-order valence-corrected chi connectivity index (χ1v) is 10.2. The molecule has 2 fully saturated rings. The van der Waals surface area contributed by atoms with Gasteiger partial charge in [0.2, 0.25) is 5.91 Å². The van der Waals surface area contributed by atoms with Gasteiger partial charge in [0.05, 0.1) is 24.3 Å². The van der Waals surface area contributed by atoms with Crippen LogP contribution < -0.4 is 10.1 Å². The standard InChI is InChI=1S/C22H28N4O3/c1-25-15-17(14-24-25)20(27)23-13-16-6-10-26(11-7-16)21(28)22(8-9-22)18-4-3-5-19(12-18)29-2/h3-5,12,14-16H,6-11,13H2,1-2H3,(H,23,27). The number of piperidine rings is 1. The fourth-order valence-corrected chi connectivity index (χ4v) is 4.19. The van der Waals surface area contributed by atoms with Crippen molar-refractivity contribution in [2.24, 2.45) is 13.0 Å². The van der Waals surface area contributed by atoms with E-state index in [0.29, 0.717) is 18.0 Å². The quantitative estimate of drug-likeness (QED) is 0.812. The molecule has 0 atom stereocenters. The third-order valence-corrected chi connectivity index (χ3v) is 6.20. The van der Waals surface area contributed by atoms with E-state index in [0.717, 1.165) is 50.1 Å². The highest BCUT2D eigenvalue weighted by Gasteiger charge is 2.53. The van der Waals surface area contributed by atoms with Gasteiger partial charge in [-0.25, -0.2) is 0 Å². The summed E-state index contributed by atoms with van der Waals surface area (Å²) in [6.07, 6.45) is 6.91. The summed E-state index contributed by atoms with van der Waals surface area (Å²) in [5, 5.41) is 7.03. The molecule has 1 aliphatic carbocycles. The van der Waals surface area contributed by atoms with Crippen molar-refractivity contribution >= 4 is 11.8 Å². The molecule has 154 valence electrons. The molecule has 1 aliphatic heterocycles. The van der Waals surface area contributed by atoms with Crippen LogP contribution in [0.2, 0.25) is 0 Å². The van der Waals surface area contributed by atoms with E-state index in [1.807, 2.05) is 29.2 Å². The van der Waals surface area contributed by atoms with Crippen LogP contribution in [0.3, 0.4) is 0 Å². The Labute approximate surface area is 171 Å². The Morgan fingerprint density at radius 2 is 2.03 bits per heavy atom. The van der Waals surface area contributed by atoms with Crippen molar-refractivity contribution in [1.82, 2.24) is 20.0 Å². The fraction of sp³-hybridized carbons (Fsp3) is 0.500. The smallest absolute Gasteiger partial charge is 0.254 e. The minimum atomic E-state index is -0.365. The summed E-state index contributed by atoms with van der Waals surface area (Å²) >= 11 is 0. The Morgan fingerprint density at radius 1 is 1.28 bits per heavy atom. The van der Waals surface area contributed by atoms with Crippen molar-refractivity contribution in [2.45, 2.75) is 31.1 Å². The van der Waals surface area contributed by atoms with E-state index in [1.54, 1.807) is 31.2 Å². The van der Waals surface area contributed by atoms with Crippen molar-refractivity contribution in [1.29, 1.82) is 0 Å². The van der Waals surface area contributed by atoms with Gasteiger partial charge in [-0.15, -0.1) is 0 Å². The third kappa shape index (κ3) is 3.99. The van der Waals surface area contributed by atoms with E-state index in [2.05, 4.69) is 10.4 Å². The molecule has 2 aromatic rings. The number of aryl methyl sites for hydroxylation is 1. The zero-order valence-electron chi connectivity index (χ0n) is 17.1. The molecule has 1 aromatic heterocycles. The number of nitrogens with zero attached hydrogens (tertiary/aromatic N) is 3.